The van der Waals surface area contributed by atoms with Crippen molar-refractivity contribution < 1.29 is 9.59 Å². The third kappa shape index (κ3) is 6.25. The molecule has 0 radical (unpaired) electrons. The topological polar surface area (TPSA) is 99.8 Å². The Morgan fingerprint density at radius 2 is 2.00 bits per heavy atom. The molecule has 3 N–H and O–H groups in total. The average Bonchev–Trinajstić information content (AvgIpc) is 3.11. The van der Waals surface area contributed by atoms with E-state index in [0.29, 0.717) is 12.3 Å². The molecule has 0 fully saturated rings. The van der Waals surface area contributed by atoms with Gasteiger partial charge in [-0.15, -0.1) is 28.6 Å². The Kier molecular flexibility index (Phi) is 7.63. The zero-order valence-electron chi connectivity index (χ0n) is 13.2. The summed E-state index contributed by atoms with van der Waals surface area (Å²) in [7, 11) is 0. The number of rotatable bonds is 9. The van der Waals surface area contributed by atoms with Crippen LogP contribution < -0.4 is 10.6 Å². The maximum atomic E-state index is 11.9. The lowest BCUT2D eigenvalue weighted by Gasteiger charge is -2.09. The lowest BCUT2D eigenvalue weighted by atomic mass is 10.2. The zero-order valence-corrected chi connectivity index (χ0v) is 14.9. The van der Waals surface area contributed by atoms with Gasteiger partial charge in [-0.1, -0.05) is 12.1 Å². The van der Waals surface area contributed by atoms with Crippen LogP contribution in [0.2, 0.25) is 0 Å². The summed E-state index contributed by atoms with van der Waals surface area (Å²) in [6.45, 7) is 0.521. The fraction of sp³-hybridized carbons (Fsp3) is 0.333. The van der Waals surface area contributed by atoms with Crippen LogP contribution >= 0.6 is 23.5 Å². The molecule has 2 rings (SSSR count). The molecule has 2 amide bonds. The summed E-state index contributed by atoms with van der Waals surface area (Å²) in [6, 6.07) is 7.59. The molecule has 0 spiro atoms. The van der Waals surface area contributed by atoms with Gasteiger partial charge >= 0.3 is 0 Å². The average molecular weight is 365 g/mol. The van der Waals surface area contributed by atoms with Gasteiger partial charge in [0.2, 0.25) is 11.8 Å². The van der Waals surface area contributed by atoms with Crippen LogP contribution in [0, 0.1) is 0 Å². The second kappa shape index (κ2) is 9.99. The highest BCUT2D eigenvalue weighted by atomic mass is 32.2. The third-order valence-corrected chi connectivity index (χ3v) is 4.72. The van der Waals surface area contributed by atoms with Crippen molar-refractivity contribution in [1.29, 1.82) is 0 Å². The smallest absolute Gasteiger partial charge is 0.224 e. The number of carbonyl (C=O) groups excluding carboxylic acids is 2. The molecule has 0 aliphatic rings. The number of benzene rings is 1. The van der Waals surface area contributed by atoms with Gasteiger partial charge in [0.05, 0.1) is 11.9 Å². The van der Waals surface area contributed by atoms with Crippen molar-refractivity contribution >= 4 is 41.0 Å². The van der Waals surface area contributed by atoms with Crippen LogP contribution in [0.25, 0.3) is 0 Å². The van der Waals surface area contributed by atoms with Gasteiger partial charge in [-0.05, 0) is 18.4 Å². The van der Waals surface area contributed by atoms with Crippen molar-refractivity contribution in [2.75, 3.05) is 23.9 Å². The van der Waals surface area contributed by atoms with Crippen molar-refractivity contribution in [3.8, 4) is 0 Å². The summed E-state index contributed by atoms with van der Waals surface area (Å²) >= 11 is 3.06. The minimum atomic E-state index is -0.163. The number of amides is 2. The van der Waals surface area contributed by atoms with Crippen molar-refractivity contribution in [2.24, 2.45) is 0 Å². The first kappa shape index (κ1) is 18.3. The summed E-state index contributed by atoms with van der Waals surface area (Å²) in [4.78, 5) is 24.7. The summed E-state index contributed by atoms with van der Waals surface area (Å²) in [5.74, 6) is 0.402. The molecule has 0 atom stereocenters. The van der Waals surface area contributed by atoms with Gasteiger partial charge in [-0.3, -0.25) is 9.59 Å². The van der Waals surface area contributed by atoms with Gasteiger partial charge in [0.15, 0.2) is 0 Å². The molecule has 0 unspecified atom stereocenters. The number of aromatic amines is 1. The predicted molar refractivity (Wildman–Crippen MR) is 96.2 cm³/mol. The largest absolute Gasteiger partial charge is 0.355 e. The van der Waals surface area contributed by atoms with E-state index in [1.54, 1.807) is 18.0 Å². The zero-order chi connectivity index (χ0) is 17.2. The van der Waals surface area contributed by atoms with Gasteiger partial charge in [0.1, 0.15) is 5.03 Å². The summed E-state index contributed by atoms with van der Waals surface area (Å²) < 4.78 is 0. The van der Waals surface area contributed by atoms with Crippen LogP contribution in [-0.2, 0) is 9.59 Å². The van der Waals surface area contributed by atoms with Crippen LogP contribution in [0.4, 0.5) is 5.69 Å². The van der Waals surface area contributed by atoms with Crippen LogP contribution in [-0.4, -0.2) is 45.8 Å². The number of thioether (sulfide) groups is 2. The molecule has 1 aromatic heterocycles. The molecule has 2 aromatic rings. The summed E-state index contributed by atoms with van der Waals surface area (Å²) in [5, 5.41) is 16.5. The first-order chi connectivity index (χ1) is 11.7. The third-order valence-electron chi connectivity index (χ3n) is 3.03. The second-order valence-corrected chi connectivity index (χ2v) is 6.72. The van der Waals surface area contributed by atoms with E-state index in [0.717, 1.165) is 15.6 Å². The number of H-pyrrole nitrogens is 1. The molecule has 1 aromatic carbocycles. The Balaban J connectivity index is 1.63. The van der Waals surface area contributed by atoms with E-state index in [1.807, 2.05) is 30.5 Å². The number of nitrogens with one attached hydrogen (secondary N) is 3. The molecule has 0 bridgehead atoms. The maximum Gasteiger partial charge on any atom is 0.224 e. The highest BCUT2D eigenvalue weighted by Crippen LogP contribution is 2.24. The standard InChI is InChI=1S/C15H19N5O2S2/c1-23-12-5-3-2-4-11(12)18-14(22)7-6-13(21)16-8-9-24-15-10-17-20-19-15/h2-5,10H,6-9H2,1H3,(H,16,21)(H,18,22)(H,17,19,20). The SMILES string of the molecule is CSc1ccccc1NC(=O)CCC(=O)NCCSc1cn[nH]n1. The van der Waals surface area contributed by atoms with Crippen molar-refractivity contribution in [3.63, 3.8) is 0 Å². The molecule has 0 saturated carbocycles. The lowest BCUT2D eigenvalue weighted by molar-refractivity contribution is -0.124. The minimum absolute atomic E-state index is 0.135. The van der Waals surface area contributed by atoms with Gasteiger partial charge < -0.3 is 10.6 Å². The van der Waals surface area contributed by atoms with Gasteiger partial charge in [-0.2, -0.15) is 10.3 Å². The molecule has 0 aliphatic heterocycles. The Morgan fingerprint density at radius 1 is 1.21 bits per heavy atom. The number of anilines is 1. The van der Waals surface area contributed by atoms with Gasteiger partial charge in [-0.25, -0.2) is 0 Å². The van der Waals surface area contributed by atoms with E-state index in [-0.39, 0.29) is 24.7 Å². The van der Waals surface area contributed by atoms with Crippen LogP contribution in [0.15, 0.2) is 40.4 Å². The maximum absolute atomic E-state index is 11.9. The fourth-order valence-electron chi connectivity index (χ4n) is 1.88. The Bertz CT molecular complexity index is 664. The van der Waals surface area contributed by atoms with E-state index < -0.39 is 0 Å². The van der Waals surface area contributed by atoms with E-state index >= 15 is 0 Å². The Morgan fingerprint density at radius 3 is 2.75 bits per heavy atom. The number of para-hydroxylation sites is 1. The molecular formula is C15H19N5O2S2. The number of aromatic nitrogens is 3. The quantitative estimate of drug-likeness (QED) is 0.465. The van der Waals surface area contributed by atoms with E-state index in [2.05, 4.69) is 26.0 Å². The summed E-state index contributed by atoms with van der Waals surface area (Å²) in [5.41, 5.74) is 0.777. The Labute approximate surface area is 148 Å². The molecule has 9 heteroatoms. The van der Waals surface area contributed by atoms with Gasteiger partial charge in [0.25, 0.3) is 0 Å². The molecular weight excluding hydrogens is 346 g/mol. The van der Waals surface area contributed by atoms with E-state index in [9.17, 15) is 9.59 Å². The first-order valence-electron chi connectivity index (χ1n) is 7.37. The Hall–Kier alpha value is -2.00. The fourth-order valence-corrected chi connectivity index (χ4v) is 3.08. The number of hydrogen-bond donors (Lipinski definition) is 3. The minimum Gasteiger partial charge on any atom is -0.355 e. The first-order valence-corrected chi connectivity index (χ1v) is 9.58. The van der Waals surface area contributed by atoms with Gasteiger partial charge in [0, 0.05) is 30.0 Å². The predicted octanol–water partition coefficient (Wildman–Crippen LogP) is 2.15. The highest BCUT2D eigenvalue weighted by molar-refractivity contribution is 7.99. The second-order valence-electron chi connectivity index (χ2n) is 4.76. The van der Waals surface area contributed by atoms with E-state index in [4.69, 9.17) is 0 Å². The van der Waals surface area contributed by atoms with Crippen LogP contribution in [0.1, 0.15) is 12.8 Å². The molecule has 0 aliphatic carbocycles. The van der Waals surface area contributed by atoms with Crippen molar-refractivity contribution in [1.82, 2.24) is 20.7 Å². The molecule has 7 nitrogen and oxygen atoms in total. The lowest BCUT2D eigenvalue weighted by Crippen LogP contribution is -2.26. The summed E-state index contributed by atoms with van der Waals surface area (Å²) in [6.07, 6.45) is 3.91. The van der Waals surface area contributed by atoms with E-state index in [1.165, 1.54) is 11.8 Å². The number of carbonyl (C=O) groups is 2. The molecule has 1 heterocycles. The molecule has 0 saturated heterocycles. The normalized spacial score (nSPS) is 10.4. The molecule has 24 heavy (non-hydrogen) atoms. The number of hydrogen-bond acceptors (Lipinski definition) is 6. The van der Waals surface area contributed by atoms with Crippen molar-refractivity contribution in [2.45, 2.75) is 22.8 Å². The van der Waals surface area contributed by atoms with Crippen LogP contribution in [0.3, 0.4) is 0 Å². The van der Waals surface area contributed by atoms with Crippen LogP contribution in [0.5, 0.6) is 0 Å². The highest BCUT2D eigenvalue weighted by Gasteiger charge is 2.09. The monoisotopic (exact) mass is 365 g/mol. The number of nitrogens with zero attached hydrogens (tertiary/aromatic N) is 2. The van der Waals surface area contributed by atoms with Crippen molar-refractivity contribution in [3.05, 3.63) is 30.5 Å². The molecule has 128 valence electrons.